The third-order valence-electron chi connectivity index (χ3n) is 2.60. The van der Waals surface area contributed by atoms with Crippen molar-refractivity contribution in [1.82, 2.24) is 29.4 Å². The maximum absolute atomic E-state index is 11.4. The fourth-order valence-electron chi connectivity index (χ4n) is 1.77. The van der Waals surface area contributed by atoms with Gasteiger partial charge in [0.15, 0.2) is 17.2 Å². The maximum atomic E-state index is 11.4. The van der Waals surface area contributed by atoms with Crippen LogP contribution in [0.5, 0.6) is 0 Å². The van der Waals surface area contributed by atoms with Crippen LogP contribution in [0.4, 0.5) is 0 Å². The maximum Gasteiger partial charge on any atom is 0.356 e. The number of aryl methyl sites for hydroxylation is 1. The van der Waals surface area contributed by atoms with Crippen molar-refractivity contribution in [3.8, 4) is 5.82 Å². The van der Waals surface area contributed by atoms with Crippen molar-refractivity contribution in [2.24, 2.45) is 0 Å². The van der Waals surface area contributed by atoms with Crippen LogP contribution >= 0.6 is 0 Å². The summed E-state index contributed by atoms with van der Waals surface area (Å²) >= 11 is 0. The van der Waals surface area contributed by atoms with Gasteiger partial charge in [0.2, 0.25) is 0 Å². The minimum Gasteiger partial charge on any atom is -0.476 e. The number of rotatable bonds is 2. The number of hydrogen-bond acceptors (Lipinski definition) is 5. The molecule has 3 aromatic rings. The first-order chi connectivity index (χ1) is 9.06. The third-order valence-corrected chi connectivity index (χ3v) is 2.60. The fourth-order valence-corrected chi connectivity index (χ4v) is 1.77. The molecular formula is C10H8N6O3. The summed E-state index contributed by atoms with van der Waals surface area (Å²) in [5.74, 6) is -0.303. The molecule has 3 aromatic heterocycles. The zero-order valence-corrected chi connectivity index (χ0v) is 9.73. The molecule has 0 amide bonds. The van der Waals surface area contributed by atoms with Gasteiger partial charge in [-0.3, -0.25) is 0 Å². The minimum absolute atomic E-state index is 0.0845. The molecule has 96 valence electrons. The van der Waals surface area contributed by atoms with Gasteiger partial charge in [-0.05, 0) is 13.0 Å². The Morgan fingerprint density at radius 3 is 2.95 bits per heavy atom. The van der Waals surface area contributed by atoms with Crippen LogP contribution in [0.3, 0.4) is 0 Å². The van der Waals surface area contributed by atoms with E-state index >= 15 is 0 Å². The lowest BCUT2D eigenvalue weighted by molar-refractivity contribution is 0.0690. The van der Waals surface area contributed by atoms with E-state index in [1.807, 2.05) is 0 Å². The van der Waals surface area contributed by atoms with Crippen molar-refractivity contribution in [3.63, 3.8) is 0 Å². The average Bonchev–Trinajstić information content (AvgIpc) is 2.96. The van der Waals surface area contributed by atoms with E-state index in [-0.39, 0.29) is 11.4 Å². The van der Waals surface area contributed by atoms with Gasteiger partial charge >= 0.3 is 11.7 Å². The van der Waals surface area contributed by atoms with Crippen molar-refractivity contribution in [3.05, 3.63) is 40.3 Å². The van der Waals surface area contributed by atoms with Gasteiger partial charge in [0.1, 0.15) is 5.82 Å². The second kappa shape index (κ2) is 3.77. The summed E-state index contributed by atoms with van der Waals surface area (Å²) in [5, 5.41) is 18.8. The highest BCUT2D eigenvalue weighted by Crippen LogP contribution is 2.08. The number of hydrogen-bond donors (Lipinski definition) is 2. The molecule has 0 aliphatic rings. The van der Waals surface area contributed by atoms with Gasteiger partial charge in [0.05, 0.1) is 0 Å². The molecule has 9 nitrogen and oxygen atoms in total. The quantitative estimate of drug-likeness (QED) is 0.647. The van der Waals surface area contributed by atoms with Gasteiger partial charge in [0, 0.05) is 12.3 Å². The van der Waals surface area contributed by atoms with Gasteiger partial charge in [0.25, 0.3) is 0 Å². The van der Waals surface area contributed by atoms with Crippen molar-refractivity contribution in [1.29, 1.82) is 0 Å². The van der Waals surface area contributed by atoms with E-state index in [1.165, 1.54) is 27.4 Å². The highest BCUT2D eigenvalue weighted by atomic mass is 16.4. The Labute approximate surface area is 105 Å². The Balaban J connectivity index is 2.19. The molecule has 2 N–H and O–H groups in total. The van der Waals surface area contributed by atoms with Crippen LogP contribution in [-0.4, -0.2) is 40.4 Å². The van der Waals surface area contributed by atoms with E-state index in [1.54, 1.807) is 6.92 Å². The highest BCUT2D eigenvalue weighted by Gasteiger charge is 2.11. The molecule has 0 radical (unpaired) electrons. The Hall–Kier alpha value is -2.97. The SMILES string of the molecule is Cc1nc(-n2ccc(C(=O)O)n2)cc2n[nH]c(=O)n12. The number of H-pyrrole nitrogens is 1. The molecule has 0 aliphatic heterocycles. The van der Waals surface area contributed by atoms with Gasteiger partial charge in [-0.25, -0.2) is 28.8 Å². The third kappa shape index (κ3) is 1.68. The lowest BCUT2D eigenvalue weighted by atomic mass is 10.4. The second-order valence-electron chi connectivity index (χ2n) is 3.83. The molecule has 0 fully saturated rings. The van der Waals surface area contributed by atoms with Crippen molar-refractivity contribution in [2.45, 2.75) is 6.92 Å². The standard InChI is InChI=1S/C10H8N6O3/c1-5-11-7(4-8-12-13-10(19)16(5)8)15-3-2-6(14-15)9(17)18/h2-4H,1H3,(H,13,19)(H,17,18). The Morgan fingerprint density at radius 1 is 1.47 bits per heavy atom. The highest BCUT2D eigenvalue weighted by molar-refractivity contribution is 5.85. The molecule has 0 aromatic carbocycles. The summed E-state index contributed by atoms with van der Waals surface area (Å²) in [6.45, 7) is 1.65. The Bertz CT molecular complexity index is 842. The van der Waals surface area contributed by atoms with E-state index in [0.717, 1.165) is 0 Å². The first-order valence-electron chi connectivity index (χ1n) is 5.30. The summed E-state index contributed by atoms with van der Waals surface area (Å²) in [5.41, 5.74) is -0.0724. The van der Waals surface area contributed by atoms with Crippen LogP contribution in [-0.2, 0) is 0 Å². The smallest absolute Gasteiger partial charge is 0.356 e. The molecule has 0 unspecified atom stereocenters. The number of nitrogens with one attached hydrogen (secondary N) is 1. The zero-order chi connectivity index (χ0) is 13.6. The summed E-state index contributed by atoms with van der Waals surface area (Å²) in [7, 11) is 0. The van der Waals surface area contributed by atoms with E-state index in [9.17, 15) is 9.59 Å². The topological polar surface area (TPSA) is 118 Å². The van der Waals surface area contributed by atoms with Crippen LogP contribution in [0.2, 0.25) is 0 Å². The predicted octanol–water partition coefficient (Wildman–Crippen LogP) is -0.390. The van der Waals surface area contributed by atoms with E-state index < -0.39 is 5.97 Å². The molecule has 3 heterocycles. The van der Waals surface area contributed by atoms with Crippen molar-refractivity contribution < 1.29 is 9.90 Å². The monoisotopic (exact) mass is 260 g/mol. The van der Waals surface area contributed by atoms with Crippen LogP contribution in [0.1, 0.15) is 16.3 Å². The number of aromatic carboxylic acids is 1. The fraction of sp³-hybridized carbons (Fsp3) is 0.100. The molecule has 0 bridgehead atoms. The normalized spacial score (nSPS) is 11.0. The molecule has 0 aliphatic carbocycles. The van der Waals surface area contributed by atoms with Crippen LogP contribution in [0.15, 0.2) is 23.1 Å². The van der Waals surface area contributed by atoms with E-state index in [0.29, 0.717) is 17.3 Å². The predicted molar refractivity (Wildman–Crippen MR) is 62.4 cm³/mol. The largest absolute Gasteiger partial charge is 0.476 e. The molecule has 0 atom stereocenters. The first kappa shape index (κ1) is 11.1. The second-order valence-corrected chi connectivity index (χ2v) is 3.83. The average molecular weight is 260 g/mol. The van der Waals surface area contributed by atoms with E-state index in [4.69, 9.17) is 5.11 Å². The molecule has 9 heteroatoms. The number of carbonyl (C=O) groups is 1. The number of carboxylic acids is 1. The molecular weight excluding hydrogens is 252 g/mol. The molecule has 19 heavy (non-hydrogen) atoms. The number of fused-ring (bicyclic) bond motifs is 1. The van der Waals surface area contributed by atoms with Gasteiger partial charge in [-0.1, -0.05) is 0 Å². The van der Waals surface area contributed by atoms with E-state index in [2.05, 4.69) is 20.3 Å². The first-order valence-corrected chi connectivity index (χ1v) is 5.30. The molecule has 0 saturated heterocycles. The number of carboxylic acid groups (broad SMARTS) is 1. The van der Waals surface area contributed by atoms with Crippen LogP contribution < -0.4 is 5.69 Å². The van der Waals surface area contributed by atoms with Gasteiger partial charge in [-0.2, -0.15) is 10.2 Å². The van der Waals surface area contributed by atoms with Crippen LogP contribution in [0.25, 0.3) is 11.5 Å². The molecule has 0 spiro atoms. The molecule has 0 saturated carbocycles. The summed E-state index contributed by atoms with van der Waals surface area (Å²) in [4.78, 5) is 26.4. The van der Waals surface area contributed by atoms with Gasteiger partial charge < -0.3 is 5.11 Å². The minimum atomic E-state index is -1.12. The number of nitrogens with zero attached hydrogens (tertiary/aromatic N) is 5. The number of aromatic amines is 1. The van der Waals surface area contributed by atoms with Crippen molar-refractivity contribution >= 4 is 11.6 Å². The summed E-state index contributed by atoms with van der Waals surface area (Å²) in [6, 6.07) is 2.89. The molecule has 3 rings (SSSR count). The zero-order valence-electron chi connectivity index (χ0n) is 9.73. The Morgan fingerprint density at radius 2 is 2.26 bits per heavy atom. The van der Waals surface area contributed by atoms with Gasteiger partial charge in [-0.15, -0.1) is 0 Å². The lowest BCUT2D eigenvalue weighted by Crippen LogP contribution is -2.14. The lowest BCUT2D eigenvalue weighted by Gasteiger charge is -2.02. The van der Waals surface area contributed by atoms with Crippen molar-refractivity contribution in [2.75, 3.05) is 0 Å². The summed E-state index contributed by atoms with van der Waals surface area (Å²) < 4.78 is 2.63. The van der Waals surface area contributed by atoms with Crippen LogP contribution in [0, 0.1) is 6.92 Å². The summed E-state index contributed by atoms with van der Waals surface area (Å²) in [6.07, 6.45) is 1.48. The number of aromatic nitrogens is 6. The Kier molecular flexibility index (Phi) is 2.21.